The third-order valence-electron chi connectivity index (χ3n) is 4.66. The molecule has 4 N–H and O–H groups in total. The fraction of sp³-hybridized carbons (Fsp3) is 0.409. The molecule has 1 unspecified atom stereocenters. The third kappa shape index (κ3) is 8.02. The number of benzene rings is 2. The number of thioether (sulfide) groups is 1. The average molecular weight is 439 g/mol. The van der Waals surface area contributed by atoms with Crippen LogP contribution in [0.2, 0.25) is 0 Å². The van der Waals surface area contributed by atoms with Crippen molar-refractivity contribution in [2.75, 3.05) is 19.4 Å². The molecule has 8 heteroatoms. The van der Waals surface area contributed by atoms with Gasteiger partial charge in [0, 0.05) is 23.5 Å². The van der Waals surface area contributed by atoms with Gasteiger partial charge in [0.25, 0.3) is 0 Å². The maximum absolute atomic E-state index is 13.6. The molecule has 3 atom stereocenters. The van der Waals surface area contributed by atoms with Crippen LogP contribution < -0.4 is 10.6 Å². The quantitative estimate of drug-likeness (QED) is 0.405. The van der Waals surface area contributed by atoms with Gasteiger partial charge in [-0.1, -0.05) is 12.1 Å². The molecular weight excluding hydrogens is 410 g/mol. The zero-order valence-electron chi connectivity index (χ0n) is 17.1. The van der Waals surface area contributed by atoms with Gasteiger partial charge in [-0.15, -0.1) is 11.8 Å². The van der Waals surface area contributed by atoms with Crippen molar-refractivity contribution >= 4 is 17.7 Å². The van der Waals surface area contributed by atoms with Gasteiger partial charge in [-0.2, -0.15) is 0 Å². The van der Waals surface area contributed by atoms with Crippen molar-refractivity contribution in [3.8, 4) is 0 Å². The smallest absolute Gasteiger partial charge is 0.224 e. The van der Waals surface area contributed by atoms with Gasteiger partial charge in [-0.3, -0.25) is 4.79 Å². The van der Waals surface area contributed by atoms with Crippen molar-refractivity contribution in [3.05, 3.63) is 65.2 Å². The molecule has 2 aromatic rings. The predicted octanol–water partition coefficient (Wildman–Crippen LogP) is 2.29. The van der Waals surface area contributed by atoms with E-state index in [0.717, 1.165) is 16.5 Å². The van der Waals surface area contributed by atoms with Gasteiger partial charge in [0.15, 0.2) is 0 Å². The highest BCUT2D eigenvalue weighted by atomic mass is 32.2. The van der Waals surface area contributed by atoms with Crippen LogP contribution >= 0.6 is 11.8 Å². The number of carbonyl (C=O) groups excluding carboxylic acids is 1. The summed E-state index contributed by atoms with van der Waals surface area (Å²) in [5, 5.41) is 25.5. The van der Waals surface area contributed by atoms with Gasteiger partial charge >= 0.3 is 0 Å². The molecule has 0 saturated heterocycles. The predicted molar refractivity (Wildman–Crippen MR) is 114 cm³/mol. The zero-order chi connectivity index (χ0) is 22.1. The minimum Gasteiger partial charge on any atom is -0.395 e. The van der Waals surface area contributed by atoms with Gasteiger partial charge in [0.05, 0.1) is 25.2 Å². The summed E-state index contributed by atoms with van der Waals surface area (Å²) in [5.74, 6) is -1.74. The van der Waals surface area contributed by atoms with Crippen LogP contribution in [0.15, 0.2) is 47.4 Å². The molecule has 0 spiro atoms. The summed E-state index contributed by atoms with van der Waals surface area (Å²) in [6.07, 6.45) is 1.13. The number of hydrogen-bond donors (Lipinski definition) is 4. The Hall–Kier alpha value is -2.00. The molecule has 0 saturated carbocycles. The maximum Gasteiger partial charge on any atom is 0.224 e. The first kappa shape index (κ1) is 24.3. The second kappa shape index (κ2) is 12.0. The van der Waals surface area contributed by atoms with Crippen molar-refractivity contribution < 1.29 is 23.8 Å². The molecule has 0 fully saturated rings. The molecular formula is C22H28F2N2O3S. The Kier molecular flexibility index (Phi) is 9.71. The number of aliphatic hydroxyl groups is 2. The molecule has 0 aliphatic carbocycles. The van der Waals surface area contributed by atoms with Crippen LogP contribution in [0.5, 0.6) is 0 Å². The largest absolute Gasteiger partial charge is 0.395 e. The van der Waals surface area contributed by atoms with Crippen LogP contribution in [0.1, 0.15) is 18.1 Å². The van der Waals surface area contributed by atoms with E-state index < -0.39 is 23.8 Å². The Morgan fingerprint density at radius 3 is 2.30 bits per heavy atom. The summed E-state index contributed by atoms with van der Waals surface area (Å²) in [7, 11) is 0. The van der Waals surface area contributed by atoms with Crippen LogP contribution in [0.25, 0.3) is 0 Å². The number of rotatable bonds is 11. The van der Waals surface area contributed by atoms with Gasteiger partial charge in [0.2, 0.25) is 5.91 Å². The standard InChI is InChI=1S/C22H28F2N2O3S/c1-14(13-27)25-12-21(28)20(9-16-7-17(23)11-18(24)8-16)26-22(29)10-15-3-5-19(30-2)6-4-15/h3-8,11,14,20-21,25,27-28H,9-10,12-13H2,1-2H3,(H,26,29)/t14?,20-,21-/m0/s1. The van der Waals surface area contributed by atoms with Gasteiger partial charge in [-0.05, 0) is 55.0 Å². The van der Waals surface area contributed by atoms with Gasteiger partial charge < -0.3 is 20.8 Å². The zero-order valence-corrected chi connectivity index (χ0v) is 17.9. The number of amides is 1. The second-order valence-electron chi connectivity index (χ2n) is 7.24. The molecule has 30 heavy (non-hydrogen) atoms. The Balaban J connectivity index is 2.09. The van der Waals surface area contributed by atoms with Crippen LogP contribution in [-0.2, 0) is 17.6 Å². The minimum atomic E-state index is -1.02. The van der Waals surface area contributed by atoms with E-state index in [1.807, 2.05) is 30.5 Å². The number of carbonyl (C=O) groups is 1. The summed E-state index contributed by atoms with van der Waals surface area (Å²) in [5.41, 5.74) is 1.15. The number of nitrogens with one attached hydrogen (secondary N) is 2. The molecule has 0 heterocycles. The van der Waals surface area contributed by atoms with Crippen LogP contribution in [0.3, 0.4) is 0 Å². The van der Waals surface area contributed by atoms with E-state index in [4.69, 9.17) is 5.11 Å². The van der Waals surface area contributed by atoms with Crippen molar-refractivity contribution in [3.63, 3.8) is 0 Å². The summed E-state index contributed by atoms with van der Waals surface area (Å²) < 4.78 is 27.1. The molecule has 2 rings (SSSR count). The highest BCUT2D eigenvalue weighted by Crippen LogP contribution is 2.16. The summed E-state index contributed by atoms with van der Waals surface area (Å²) in [6.45, 7) is 1.75. The van der Waals surface area contributed by atoms with E-state index >= 15 is 0 Å². The lowest BCUT2D eigenvalue weighted by Gasteiger charge is -2.26. The topological polar surface area (TPSA) is 81.6 Å². The van der Waals surface area contributed by atoms with E-state index in [-0.39, 0.29) is 37.9 Å². The van der Waals surface area contributed by atoms with Crippen molar-refractivity contribution in [1.29, 1.82) is 0 Å². The Morgan fingerprint density at radius 2 is 1.73 bits per heavy atom. The first-order chi connectivity index (χ1) is 14.3. The number of halogens is 2. The summed E-state index contributed by atoms with van der Waals surface area (Å²) >= 11 is 1.60. The van der Waals surface area contributed by atoms with E-state index in [0.29, 0.717) is 5.56 Å². The molecule has 0 bridgehead atoms. The molecule has 0 radical (unpaired) electrons. The third-order valence-corrected chi connectivity index (χ3v) is 5.41. The van der Waals surface area contributed by atoms with E-state index in [9.17, 15) is 18.7 Å². The lowest BCUT2D eigenvalue weighted by atomic mass is 10.00. The summed E-state index contributed by atoms with van der Waals surface area (Å²) in [6, 6.07) is 9.72. The molecule has 2 aromatic carbocycles. The van der Waals surface area contributed by atoms with Crippen molar-refractivity contribution in [1.82, 2.24) is 10.6 Å². The maximum atomic E-state index is 13.6. The van der Waals surface area contributed by atoms with Crippen molar-refractivity contribution in [2.45, 2.75) is 42.8 Å². The lowest BCUT2D eigenvalue weighted by molar-refractivity contribution is -0.122. The van der Waals surface area contributed by atoms with Crippen LogP contribution in [-0.4, -0.2) is 53.7 Å². The van der Waals surface area contributed by atoms with Gasteiger partial charge in [-0.25, -0.2) is 8.78 Å². The van der Waals surface area contributed by atoms with E-state index in [1.165, 1.54) is 12.1 Å². The van der Waals surface area contributed by atoms with Crippen LogP contribution in [0.4, 0.5) is 8.78 Å². The average Bonchev–Trinajstić information content (AvgIpc) is 2.71. The molecule has 0 aliphatic heterocycles. The van der Waals surface area contributed by atoms with Crippen molar-refractivity contribution in [2.24, 2.45) is 0 Å². The monoisotopic (exact) mass is 438 g/mol. The molecule has 0 aliphatic rings. The number of aliphatic hydroxyl groups excluding tert-OH is 2. The first-order valence-electron chi connectivity index (χ1n) is 9.70. The first-order valence-corrected chi connectivity index (χ1v) is 10.9. The second-order valence-corrected chi connectivity index (χ2v) is 8.12. The molecule has 164 valence electrons. The summed E-state index contributed by atoms with van der Waals surface area (Å²) in [4.78, 5) is 13.7. The van der Waals surface area contributed by atoms with E-state index in [2.05, 4.69) is 10.6 Å². The Morgan fingerprint density at radius 1 is 1.10 bits per heavy atom. The van der Waals surface area contributed by atoms with Crippen LogP contribution in [0, 0.1) is 11.6 Å². The highest BCUT2D eigenvalue weighted by molar-refractivity contribution is 7.98. The fourth-order valence-electron chi connectivity index (χ4n) is 2.98. The minimum absolute atomic E-state index is 0.0577. The lowest BCUT2D eigenvalue weighted by Crippen LogP contribution is -2.50. The van der Waals surface area contributed by atoms with Gasteiger partial charge in [0.1, 0.15) is 11.6 Å². The normalized spacial score (nSPS) is 14.2. The fourth-order valence-corrected chi connectivity index (χ4v) is 3.39. The molecule has 1 amide bonds. The molecule has 5 nitrogen and oxygen atoms in total. The number of hydrogen-bond acceptors (Lipinski definition) is 5. The molecule has 0 aromatic heterocycles. The Bertz CT molecular complexity index is 800. The Labute approximate surface area is 179 Å². The van der Waals surface area contributed by atoms with E-state index in [1.54, 1.807) is 18.7 Å². The highest BCUT2D eigenvalue weighted by Gasteiger charge is 2.23. The SMILES string of the molecule is CSc1ccc(CC(=O)N[C@@H](Cc2cc(F)cc(F)c2)[C@@H](O)CNC(C)CO)cc1.